The lowest BCUT2D eigenvalue weighted by Gasteiger charge is -2.23. The third-order valence-electron chi connectivity index (χ3n) is 10.4. The number of anilines is 1. The second-order valence-corrected chi connectivity index (χ2v) is 17.0. The molecule has 2 amide bonds. The van der Waals surface area contributed by atoms with E-state index in [1.54, 1.807) is 24.3 Å². The first-order chi connectivity index (χ1) is 29.6. The maximum Gasteiger partial charge on any atom is 0.261 e. The van der Waals surface area contributed by atoms with Crippen LogP contribution in [0.2, 0.25) is 0 Å². The fourth-order valence-electron chi connectivity index (χ4n) is 7.41. The van der Waals surface area contributed by atoms with Crippen LogP contribution in [0.4, 0.5) is 5.69 Å². The van der Waals surface area contributed by atoms with Crippen LogP contribution in [0.5, 0.6) is 0 Å². The van der Waals surface area contributed by atoms with E-state index in [0.717, 1.165) is 11.4 Å². The monoisotopic (exact) mass is 896 g/mol. The Morgan fingerprint density at radius 1 is 0.485 bits per heavy atom. The molecule has 7 heteroatoms. The number of carbonyl (C=O) groups is 2. The summed E-state index contributed by atoms with van der Waals surface area (Å²) in [6.45, 7) is 26.2. The summed E-state index contributed by atoms with van der Waals surface area (Å²) in [5.41, 5.74) is 9.97. The maximum atomic E-state index is 11.8. The summed E-state index contributed by atoms with van der Waals surface area (Å²) in [6, 6.07) is 48.7. The van der Waals surface area contributed by atoms with Crippen molar-refractivity contribution in [1.82, 2.24) is 9.47 Å². The number of fused-ring (bicyclic) bond motifs is 3. The lowest BCUT2D eigenvalue weighted by atomic mass is 10.1. The van der Waals surface area contributed by atoms with Crippen LogP contribution in [0.3, 0.4) is 0 Å². The van der Waals surface area contributed by atoms with Gasteiger partial charge in [0, 0.05) is 65.6 Å². The number of aliphatic imine (C=N–C) groups is 2. The number of para-hydroxylation sites is 2. The Morgan fingerprint density at radius 2 is 0.909 bits per heavy atom. The lowest BCUT2D eigenvalue weighted by Crippen LogP contribution is -2.35. The molecule has 0 unspecified atom stereocenters. The lowest BCUT2D eigenvalue weighted by molar-refractivity contribution is 0.0609. The standard InChI is InChI=1S/C11H11NO2.C11H15N.C11H13N.2C11H15N.4CH4/c1-7(2)12-10(13)8-5-3-4-6-9(8)11(12)14;2*1-9(2)12-8-7-10-5-3-4-6-11(10)12;2*1-9(2)12-10(3)11-7-5-4-6-8-11;;;;/h3-7H,1-2H3;3-6,9H,7-8H2,1-2H3;3-9H,1-2H3;2*4-9H,1-3H3;4*1H4. The third-order valence-corrected chi connectivity index (χ3v) is 10.4. The van der Waals surface area contributed by atoms with Crippen LogP contribution < -0.4 is 4.90 Å². The van der Waals surface area contributed by atoms with Gasteiger partial charge in [-0.25, -0.2) is 0 Å². The fourth-order valence-corrected chi connectivity index (χ4v) is 7.41. The minimum Gasteiger partial charge on any atom is -0.369 e. The summed E-state index contributed by atoms with van der Waals surface area (Å²) >= 11 is 0. The smallest absolute Gasteiger partial charge is 0.261 e. The number of hydrogen-bond acceptors (Lipinski definition) is 5. The molecule has 8 rings (SSSR count). The van der Waals surface area contributed by atoms with Gasteiger partial charge in [-0.15, -0.1) is 0 Å². The Morgan fingerprint density at radius 3 is 1.35 bits per heavy atom. The van der Waals surface area contributed by atoms with Crippen LogP contribution >= 0.6 is 0 Å². The Labute approximate surface area is 401 Å². The molecular weight excluding hydrogens is 811 g/mol. The fraction of sp³-hybridized carbons (Fsp3) is 0.390. The van der Waals surface area contributed by atoms with E-state index in [2.05, 4.69) is 174 Å². The van der Waals surface area contributed by atoms with E-state index >= 15 is 0 Å². The summed E-state index contributed by atoms with van der Waals surface area (Å²) in [4.78, 5) is 36.2. The van der Waals surface area contributed by atoms with Gasteiger partial charge in [-0.2, -0.15) is 0 Å². The number of nitrogens with zero attached hydrogens (tertiary/aromatic N) is 5. The first-order valence-electron chi connectivity index (χ1n) is 22.2. The number of amides is 2. The van der Waals surface area contributed by atoms with Crippen molar-refractivity contribution in [2.24, 2.45) is 9.98 Å². The molecule has 0 saturated carbocycles. The van der Waals surface area contributed by atoms with Crippen molar-refractivity contribution < 1.29 is 9.59 Å². The zero-order chi connectivity index (χ0) is 45.3. The number of aromatic nitrogens is 1. The molecule has 0 fully saturated rings. The first-order valence-corrected chi connectivity index (χ1v) is 22.2. The first kappa shape index (κ1) is 59.9. The highest BCUT2D eigenvalue weighted by Crippen LogP contribution is 2.29. The predicted octanol–water partition coefficient (Wildman–Crippen LogP) is 15.7. The number of benzene rings is 5. The van der Waals surface area contributed by atoms with E-state index in [9.17, 15) is 9.59 Å². The van der Waals surface area contributed by atoms with Crippen LogP contribution in [0, 0.1) is 0 Å². The van der Waals surface area contributed by atoms with Crippen LogP contribution in [0.15, 0.2) is 156 Å². The maximum absolute atomic E-state index is 11.8. The average molecular weight is 896 g/mol. The van der Waals surface area contributed by atoms with Crippen molar-refractivity contribution in [3.8, 4) is 0 Å². The quantitative estimate of drug-likeness (QED) is 0.118. The molecule has 1 aromatic heterocycles. The molecule has 0 N–H and O–H groups in total. The molecule has 2 aliphatic rings. The molecule has 0 bridgehead atoms. The Balaban J connectivity index is 0.000000789. The Kier molecular flexibility index (Phi) is 26.7. The van der Waals surface area contributed by atoms with E-state index in [1.165, 1.54) is 51.1 Å². The average Bonchev–Trinajstić information content (AvgIpc) is 3.96. The van der Waals surface area contributed by atoms with Crippen LogP contribution in [-0.2, 0) is 6.42 Å². The van der Waals surface area contributed by atoms with Gasteiger partial charge >= 0.3 is 0 Å². The second-order valence-electron chi connectivity index (χ2n) is 17.0. The Bertz CT molecular complexity index is 2280. The van der Waals surface area contributed by atoms with Gasteiger partial charge < -0.3 is 9.47 Å². The molecule has 0 spiro atoms. The van der Waals surface area contributed by atoms with Crippen molar-refractivity contribution in [2.75, 3.05) is 11.4 Å². The molecule has 0 aliphatic carbocycles. The van der Waals surface area contributed by atoms with Gasteiger partial charge in [-0.05, 0) is 142 Å². The summed E-state index contributed by atoms with van der Waals surface area (Å²) in [5, 5.41) is 1.33. The molecule has 66 heavy (non-hydrogen) atoms. The highest BCUT2D eigenvalue weighted by atomic mass is 16.2. The van der Waals surface area contributed by atoms with Gasteiger partial charge in [0.15, 0.2) is 0 Å². The summed E-state index contributed by atoms with van der Waals surface area (Å²) in [6.07, 6.45) is 3.36. The number of carbonyl (C=O) groups excluding carboxylic acids is 2. The highest BCUT2D eigenvalue weighted by molar-refractivity contribution is 6.21. The van der Waals surface area contributed by atoms with E-state index in [1.807, 2.05) is 50.2 Å². The van der Waals surface area contributed by atoms with Crippen molar-refractivity contribution in [3.05, 3.63) is 174 Å². The molecule has 5 aromatic carbocycles. The molecule has 3 heterocycles. The summed E-state index contributed by atoms with van der Waals surface area (Å²) in [5.74, 6) is -0.360. The largest absolute Gasteiger partial charge is 0.369 e. The summed E-state index contributed by atoms with van der Waals surface area (Å²) in [7, 11) is 0. The van der Waals surface area contributed by atoms with Gasteiger partial charge in [-0.3, -0.25) is 24.5 Å². The molecule has 7 nitrogen and oxygen atoms in total. The zero-order valence-electron chi connectivity index (χ0n) is 39.2. The molecule has 0 radical (unpaired) electrons. The minimum absolute atomic E-state index is 0. The zero-order valence-corrected chi connectivity index (χ0v) is 39.2. The van der Waals surface area contributed by atoms with Crippen LogP contribution in [0.25, 0.3) is 10.9 Å². The van der Waals surface area contributed by atoms with Crippen molar-refractivity contribution in [3.63, 3.8) is 0 Å². The van der Waals surface area contributed by atoms with Crippen molar-refractivity contribution in [1.29, 1.82) is 0 Å². The van der Waals surface area contributed by atoms with Crippen LogP contribution in [0.1, 0.15) is 156 Å². The molecule has 0 atom stereocenters. The van der Waals surface area contributed by atoms with Crippen molar-refractivity contribution >= 4 is 39.8 Å². The number of hydrogen-bond donors (Lipinski definition) is 0. The van der Waals surface area contributed by atoms with E-state index in [-0.39, 0.29) is 47.6 Å². The Hall–Kier alpha value is -6.08. The van der Waals surface area contributed by atoms with Gasteiger partial charge in [0.1, 0.15) is 0 Å². The molecule has 0 saturated heterocycles. The van der Waals surface area contributed by atoms with Gasteiger partial charge in [0.2, 0.25) is 0 Å². The molecule has 6 aromatic rings. The second kappa shape index (κ2) is 29.5. The predicted molar refractivity (Wildman–Crippen MR) is 292 cm³/mol. The normalized spacial score (nSPS) is 12.5. The molecular formula is C59H85N5O2. The van der Waals surface area contributed by atoms with E-state index < -0.39 is 0 Å². The SMILES string of the molecule is C.C.C.C.CC(=NC(C)C)c1ccccc1.CC(=NC(C)C)c1ccccc1.CC(C)N1C(=O)c2ccccc2C1=O.CC(C)N1CCc2ccccc21.CC(C)n1ccc2ccccc21. The molecule has 358 valence electrons. The van der Waals surface area contributed by atoms with Gasteiger partial charge in [0.25, 0.3) is 11.8 Å². The van der Waals surface area contributed by atoms with E-state index in [4.69, 9.17) is 0 Å². The topological polar surface area (TPSA) is 70.3 Å². The summed E-state index contributed by atoms with van der Waals surface area (Å²) < 4.78 is 2.29. The highest BCUT2D eigenvalue weighted by Gasteiger charge is 2.36. The number of imide groups is 1. The molecule has 2 aliphatic heterocycles. The number of rotatable bonds is 7. The van der Waals surface area contributed by atoms with Crippen molar-refractivity contribution in [2.45, 2.75) is 149 Å². The van der Waals surface area contributed by atoms with Gasteiger partial charge in [0.05, 0.1) is 11.1 Å². The van der Waals surface area contributed by atoms with Crippen LogP contribution in [-0.4, -0.2) is 63.4 Å². The van der Waals surface area contributed by atoms with Gasteiger partial charge in [-0.1, -0.05) is 139 Å². The third kappa shape index (κ3) is 17.0. The minimum atomic E-state index is -0.180. The van der Waals surface area contributed by atoms with E-state index in [0.29, 0.717) is 35.3 Å².